The van der Waals surface area contributed by atoms with Crippen LogP contribution in [0.2, 0.25) is 0 Å². The summed E-state index contributed by atoms with van der Waals surface area (Å²) in [5, 5.41) is 5.46. The van der Waals surface area contributed by atoms with Gasteiger partial charge in [0.1, 0.15) is 12.4 Å². The van der Waals surface area contributed by atoms with E-state index in [4.69, 9.17) is 9.47 Å². The second-order valence-electron chi connectivity index (χ2n) is 5.18. The fourth-order valence-corrected chi connectivity index (χ4v) is 2.19. The zero-order chi connectivity index (χ0) is 15.8. The molecule has 1 heterocycles. The average molecular weight is 302 g/mol. The van der Waals surface area contributed by atoms with Gasteiger partial charge in [0, 0.05) is 6.61 Å². The van der Waals surface area contributed by atoms with Crippen molar-refractivity contribution in [3.05, 3.63) is 23.8 Å². The number of carbonyl (C=O) groups excluding carboxylic acids is 1. The van der Waals surface area contributed by atoms with Crippen LogP contribution in [0.1, 0.15) is 25.3 Å². The quantitative estimate of drug-likeness (QED) is 0.822. The lowest BCUT2D eigenvalue weighted by molar-refractivity contribution is 0.0682. The molecule has 118 valence electrons. The zero-order valence-corrected chi connectivity index (χ0v) is 13.1. The molecule has 22 heavy (non-hydrogen) atoms. The molecular weight excluding hydrogens is 280 g/mol. The van der Waals surface area contributed by atoms with E-state index in [-0.39, 0.29) is 12.1 Å². The third-order valence-electron chi connectivity index (χ3n) is 3.35. The Hall–Kier alpha value is -2.19. The topological polar surface area (TPSA) is 59.6 Å². The fraction of sp³-hybridized carbons (Fsp3) is 0.471. The Kier molecular flexibility index (Phi) is 6.11. The van der Waals surface area contributed by atoms with Crippen LogP contribution >= 0.6 is 0 Å². The van der Waals surface area contributed by atoms with Crippen molar-refractivity contribution in [1.29, 1.82) is 0 Å². The number of hydrogen-bond acceptors (Lipinski definition) is 3. The van der Waals surface area contributed by atoms with E-state index in [1.807, 2.05) is 25.1 Å². The Bertz CT molecular complexity index is 569. The van der Waals surface area contributed by atoms with E-state index in [1.54, 1.807) is 6.92 Å². The van der Waals surface area contributed by atoms with Crippen LogP contribution in [0.15, 0.2) is 18.2 Å². The van der Waals surface area contributed by atoms with Crippen LogP contribution in [-0.4, -0.2) is 31.9 Å². The molecule has 1 aliphatic heterocycles. The maximum Gasteiger partial charge on any atom is 0.320 e. The van der Waals surface area contributed by atoms with E-state index in [1.165, 1.54) is 0 Å². The van der Waals surface area contributed by atoms with Gasteiger partial charge in [0.05, 0.1) is 18.3 Å². The van der Waals surface area contributed by atoms with E-state index in [9.17, 15) is 4.79 Å². The second-order valence-corrected chi connectivity index (χ2v) is 5.18. The first-order chi connectivity index (χ1) is 10.7. The fourth-order valence-electron chi connectivity index (χ4n) is 2.19. The number of urea groups is 1. The minimum atomic E-state index is -0.298. The lowest BCUT2D eigenvalue weighted by atomic mass is 10.2. The molecule has 0 radical (unpaired) electrons. The summed E-state index contributed by atoms with van der Waals surface area (Å²) in [5.74, 6) is 6.17. The molecule has 2 amide bonds. The van der Waals surface area contributed by atoms with Crippen LogP contribution < -0.4 is 15.4 Å². The number of hydrogen-bond donors (Lipinski definition) is 2. The molecule has 1 aromatic rings. The summed E-state index contributed by atoms with van der Waals surface area (Å²) in [6.45, 7) is 5.34. The molecule has 2 N–H and O–H groups in total. The Labute approximate surface area is 131 Å². The number of benzene rings is 1. The molecule has 1 aliphatic rings. The lowest BCUT2D eigenvalue weighted by Crippen LogP contribution is -2.29. The van der Waals surface area contributed by atoms with Gasteiger partial charge in [-0.1, -0.05) is 12.0 Å². The van der Waals surface area contributed by atoms with E-state index < -0.39 is 0 Å². The van der Waals surface area contributed by atoms with Crippen molar-refractivity contribution in [1.82, 2.24) is 5.32 Å². The summed E-state index contributed by atoms with van der Waals surface area (Å²) in [5.41, 5.74) is 1.72. The molecule has 2 rings (SSSR count). The molecular formula is C17H22N2O3. The van der Waals surface area contributed by atoms with Gasteiger partial charge in [0.25, 0.3) is 0 Å². The van der Waals surface area contributed by atoms with E-state index in [0.717, 1.165) is 25.0 Å². The van der Waals surface area contributed by atoms with Crippen molar-refractivity contribution in [3.63, 3.8) is 0 Å². The summed E-state index contributed by atoms with van der Waals surface area (Å²) in [4.78, 5) is 11.8. The third-order valence-corrected chi connectivity index (χ3v) is 3.35. The maximum atomic E-state index is 11.8. The Morgan fingerprint density at radius 1 is 1.50 bits per heavy atom. The molecule has 1 atom stereocenters. The minimum absolute atomic E-state index is 0.141. The minimum Gasteiger partial charge on any atom is -0.489 e. The zero-order valence-electron chi connectivity index (χ0n) is 13.1. The predicted molar refractivity (Wildman–Crippen MR) is 86.1 cm³/mol. The molecule has 0 unspecified atom stereocenters. The van der Waals surface area contributed by atoms with Crippen LogP contribution in [0.25, 0.3) is 0 Å². The highest BCUT2D eigenvalue weighted by Gasteiger charge is 2.17. The number of rotatable bonds is 5. The van der Waals surface area contributed by atoms with Crippen LogP contribution in [0, 0.1) is 18.8 Å². The van der Waals surface area contributed by atoms with Crippen molar-refractivity contribution in [2.75, 3.05) is 25.1 Å². The van der Waals surface area contributed by atoms with Crippen molar-refractivity contribution < 1.29 is 14.3 Å². The van der Waals surface area contributed by atoms with E-state index in [2.05, 4.69) is 22.5 Å². The summed E-state index contributed by atoms with van der Waals surface area (Å²) in [6.07, 6.45) is 2.24. The molecule has 1 fully saturated rings. The molecule has 0 spiro atoms. The van der Waals surface area contributed by atoms with E-state index in [0.29, 0.717) is 24.6 Å². The molecule has 1 saturated heterocycles. The Balaban J connectivity index is 1.96. The second kappa shape index (κ2) is 8.30. The standard InChI is InChI=1S/C17H22N2O3/c1-3-4-9-18-17(20)19-15-8-7-13(2)11-16(15)22-12-14-6-5-10-21-14/h7-8,11,14H,5-6,9-10,12H2,1-2H3,(H2,18,19,20)/t14-/m1/s1. The van der Waals surface area contributed by atoms with Crippen molar-refractivity contribution >= 4 is 11.7 Å². The first-order valence-electron chi connectivity index (χ1n) is 7.48. The average Bonchev–Trinajstić information content (AvgIpc) is 3.01. The van der Waals surface area contributed by atoms with Gasteiger partial charge in [0.15, 0.2) is 0 Å². The molecule has 5 heteroatoms. The molecule has 0 aromatic heterocycles. The number of aryl methyl sites for hydroxylation is 1. The highest BCUT2D eigenvalue weighted by molar-refractivity contribution is 5.91. The first kappa shape index (κ1) is 16.2. The summed E-state index contributed by atoms with van der Waals surface area (Å²) in [6, 6.07) is 5.38. The number of anilines is 1. The van der Waals surface area contributed by atoms with Crippen molar-refractivity contribution in [2.24, 2.45) is 0 Å². The van der Waals surface area contributed by atoms with Crippen LogP contribution in [0.5, 0.6) is 5.75 Å². The highest BCUT2D eigenvalue weighted by Crippen LogP contribution is 2.26. The van der Waals surface area contributed by atoms with Gasteiger partial charge < -0.3 is 20.1 Å². The van der Waals surface area contributed by atoms with E-state index >= 15 is 0 Å². The number of nitrogens with one attached hydrogen (secondary N) is 2. The SMILES string of the molecule is CC#CCNC(=O)Nc1ccc(C)cc1OC[C@H]1CCCO1. The van der Waals surface area contributed by atoms with Crippen LogP contribution in [0.4, 0.5) is 10.5 Å². The summed E-state index contributed by atoms with van der Waals surface area (Å²) >= 11 is 0. The molecule has 0 aliphatic carbocycles. The molecule has 0 bridgehead atoms. The monoisotopic (exact) mass is 302 g/mol. The smallest absolute Gasteiger partial charge is 0.320 e. The van der Waals surface area contributed by atoms with Crippen LogP contribution in [0.3, 0.4) is 0 Å². The number of amides is 2. The normalized spacial score (nSPS) is 16.5. The van der Waals surface area contributed by atoms with Gasteiger partial charge in [-0.05, 0) is 44.4 Å². The predicted octanol–water partition coefficient (Wildman–Crippen LogP) is 2.70. The Morgan fingerprint density at radius 2 is 2.36 bits per heavy atom. The third kappa shape index (κ3) is 4.97. The number of carbonyl (C=O) groups is 1. The van der Waals surface area contributed by atoms with Gasteiger partial charge in [-0.25, -0.2) is 4.79 Å². The molecule has 5 nitrogen and oxygen atoms in total. The molecule has 1 aromatic carbocycles. The van der Waals surface area contributed by atoms with Crippen molar-refractivity contribution in [3.8, 4) is 17.6 Å². The molecule has 0 saturated carbocycles. The van der Waals surface area contributed by atoms with Gasteiger partial charge in [-0.2, -0.15) is 0 Å². The van der Waals surface area contributed by atoms with Crippen molar-refractivity contribution in [2.45, 2.75) is 32.8 Å². The summed E-state index contributed by atoms with van der Waals surface area (Å²) in [7, 11) is 0. The maximum absolute atomic E-state index is 11.8. The van der Waals surface area contributed by atoms with Gasteiger partial charge in [0.2, 0.25) is 0 Å². The lowest BCUT2D eigenvalue weighted by Gasteiger charge is -2.16. The highest BCUT2D eigenvalue weighted by atomic mass is 16.5. The summed E-state index contributed by atoms with van der Waals surface area (Å²) < 4.78 is 11.4. The van der Waals surface area contributed by atoms with Crippen LogP contribution in [-0.2, 0) is 4.74 Å². The Morgan fingerprint density at radius 3 is 3.09 bits per heavy atom. The van der Waals surface area contributed by atoms with Gasteiger partial charge in [-0.3, -0.25) is 0 Å². The van der Waals surface area contributed by atoms with Gasteiger partial charge in [-0.15, -0.1) is 5.92 Å². The number of ether oxygens (including phenoxy) is 2. The largest absolute Gasteiger partial charge is 0.489 e. The first-order valence-corrected chi connectivity index (χ1v) is 7.48. The van der Waals surface area contributed by atoms with Gasteiger partial charge >= 0.3 is 6.03 Å².